The monoisotopic (exact) mass is 291 g/mol. The Labute approximate surface area is 130 Å². The van der Waals surface area contributed by atoms with Gasteiger partial charge in [0.15, 0.2) is 0 Å². The number of nitrogens with one attached hydrogen (secondary N) is 1. The van der Waals surface area contributed by atoms with Gasteiger partial charge in [-0.3, -0.25) is 9.80 Å². The standard InChI is InChI=1S/C18H33N3/c1-2-9-19-14-12-15-5-3-6-16(13-14)21(15)18-8-11-20-10-4-7-17(18)20/h14-19H,2-13H2,1H3. The molecule has 0 radical (unpaired) electrons. The van der Waals surface area contributed by atoms with E-state index in [-0.39, 0.29) is 0 Å². The van der Waals surface area contributed by atoms with Crippen molar-refractivity contribution in [2.75, 3.05) is 19.6 Å². The molecule has 0 aromatic rings. The third-order valence-electron chi connectivity index (χ3n) is 6.67. The Kier molecular flexibility index (Phi) is 4.25. The van der Waals surface area contributed by atoms with Gasteiger partial charge in [-0.2, -0.15) is 0 Å². The van der Waals surface area contributed by atoms with E-state index >= 15 is 0 Å². The minimum absolute atomic E-state index is 0.803. The largest absolute Gasteiger partial charge is 0.314 e. The predicted octanol–water partition coefficient (Wildman–Crippen LogP) is 2.61. The molecule has 4 saturated heterocycles. The number of hydrogen-bond acceptors (Lipinski definition) is 3. The Hall–Kier alpha value is -0.120. The van der Waals surface area contributed by atoms with E-state index in [1.54, 1.807) is 0 Å². The average Bonchev–Trinajstić information content (AvgIpc) is 3.07. The van der Waals surface area contributed by atoms with E-state index in [1.807, 2.05) is 0 Å². The van der Waals surface area contributed by atoms with Crippen LogP contribution in [-0.4, -0.2) is 59.6 Å². The zero-order chi connectivity index (χ0) is 14.2. The van der Waals surface area contributed by atoms with Crippen LogP contribution in [-0.2, 0) is 0 Å². The summed E-state index contributed by atoms with van der Waals surface area (Å²) in [5.41, 5.74) is 0. The first kappa shape index (κ1) is 14.5. The summed E-state index contributed by atoms with van der Waals surface area (Å²) >= 11 is 0. The molecule has 0 saturated carbocycles. The molecule has 4 heterocycles. The van der Waals surface area contributed by atoms with Gasteiger partial charge >= 0.3 is 0 Å². The summed E-state index contributed by atoms with van der Waals surface area (Å²) in [6.07, 6.45) is 12.9. The molecular formula is C18H33N3. The molecule has 3 nitrogen and oxygen atoms in total. The van der Waals surface area contributed by atoms with Crippen LogP contribution in [0.1, 0.15) is 64.7 Å². The molecule has 0 amide bonds. The molecule has 3 heteroatoms. The fraction of sp³-hybridized carbons (Fsp3) is 1.00. The van der Waals surface area contributed by atoms with Crippen LogP contribution < -0.4 is 5.32 Å². The number of hydrogen-bond donors (Lipinski definition) is 1. The molecule has 120 valence electrons. The molecule has 0 spiro atoms. The molecule has 21 heavy (non-hydrogen) atoms. The Balaban J connectivity index is 1.46. The van der Waals surface area contributed by atoms with Crippen molar-refractivity contribution < 1.29 is 0 Å². The first-order chi connectivity index (χ1) is 10.4. The van der Waals surface area contributed by atoms with Crippen molar-refractivity contribution in [1.82, 2.24) is 15.1 Å². The van der Waals surface area contributed by atoms with Crippen LogP contribution >= 0.6 is 0 Å². The van der Waals surface area contributed by atoms with E-state index in [4.69, 9.17) is 0 Å². The van der Waals surface area contributed by atoms with E-state index in [2.05, 4.69) is 22.0 Å². The molecular weight excluding hydrogens is 258 g/mol. The maximum Gasteiger partial charge on any atom is 0.0269 e. The second-order valence-corrected chi connectivity index (χ2v) is 7.91. The quantitative estimate of drug-likeness (QED) is 0.859. The Morgan fingerprint density at radius 2 is 1.71 bits per heavy atom. The van der Waals surface area contributed by atoms with E-state index < -0.39 is 0 Å². The highest BCUT2D eigenvalue weighted by Crippen LogP contribution is 2.41. The molecule has 4 rings (SSSR count). The number of rotatable bonds is 4. The highest BCUT2D eigenvalue weighted by molar-refractivity contribution is 5.04. The van der Waals surface area contributed by atoms with E-state index in [0.29, 0.717) is 0 Å². The Morgan fingerprint density at radius 3 is 2.48 bits per heavy atom. The molecule has 4 unspecified atom stereocenters. The summed E-state index contributed by atoms with van der Waals surface area (Å²) in [7, 11) is 0. The van der Waals surface area contributed by atoms with Crippen LogP contribution in [0.3, 0.4) is 0 Å². The lowest BCUT2D eigenvalue weighted by Crippen LogP contribution is -2.61. The average molecular weight is 291 g/mol. The van der Waals surface area contributed by atoms with Crippen molar-refractivity contribution in [1.29, 1.82) is 0 Å². The molecule has 1 N–H and O–H groups in total. The maximum absolute atomic E-state index is 3.82. The van der Waals surface area contributed by atoms with Crippen LogP contribution in [0.4, 0.5) is 0 Å². The highest BCUT2D eigenvalue weighted by Gasteiger charge is 2.47. The molecule has 0 aromatic heterocycles. The van der Waals surface area contributed by atoms with Crippen molar-refractivity contribution in [2.24, 2.45) is 0 Å². The van der Waals surface area contributed by atoms with Crippen molar-refractivity contribution >= 4 is 0 Å². The highest BCUT2D eigenvalue weighted by atomic mass is 15.3. The summed E-state index contributed by atoms with van der Waals surface area (Å²) in [6, 6.07) is 4.38. The zero-order valence-corrected chi connectivity index (χ0v) is 13.8. The van der Waals surface area contributed by atoms with E-state index in [9.17, 15) is 0 Å². The van der Waals surface area contributed by atoms with Crippen molar-refractivity contribution in [2.45, 2.75) is 94.9 Å². The lowest BCUT2D eigenvalue weighted by Gasteiger charge is -2.53. The molecule has 0 aromatic carbocycles. The second-order valence-electron chi connectivity index (χ2n) is 7.91. The van der Waals surface area contributed by atoms with E-state index in [0.717, 1.165) is 30.2 Å². The van der Waals surface area contributed by atoms with Crippen molar-refractivity contribution in [3.63, 3.8) is 0 Å². The summed E-state index contributed by atoms with van der Waals surface area (Å²) < 4.78 is 0. The van der Waals surface area contributed by atoms with Gasteiger partial charge in [0.25, 0.3) is 0 Å². The van der Waals surface area contributed by atoms with Gasteiger partial charge in [-0.05, 0) is 64.5 Å². The van der Waals surface area contributed by atoms with Crippen LogP contribution in [0, 0.1) is 0 Å². The summed E-state index contributed by atoms with van der Waals surface area (Å²) in [5.74, 6) is 0. The normalized spacial score (nSPS) is 44.1. The Bertz CT molecular complexity index is 344. The number of piperidine rings is 2. The molecule has 4 fully saturated rings. The van der Waals surface area contributed by atoms with Gasteiger partial charge in [-0.1, -0.05) is 13.3 Å². The zero-order valence-electron chi connectivity index (χ0n) is 13.8. The predicted molar refractivity (Wildman–Crippen MR) is 87.6 cm³/mol. The van der Waals surface area contributed by atoms with Gasteiger partial charge in [-0.25, -0.2) is 0 Å². The summed E-state index contributed by atoms with van der Waals surface area (Å²) in [5, 5.41) is 3.82. The van der Waals surface area contributed by atoms with Gasteiger partial charge in [0.2, 0.25) is 0 Å². The molecule has 4 aliphatic heterocycles. The molecule has 4 atom stereocenters. The minimum atomic E-state index is 0.803. The van der Waals surface area contributed by atoms with E-state index in [1.165, 1.54) is 77.4 Å². The van der Waals surface area contributed by atoms with Crippen LogP contribution in [0.2, 0.25) is 0 Å². The number of nitrogens with zero attached hydrogens (tertiary/aromatic N) is 2. The van der Waals surface area contributed by atoms with Crippen LogP contribution in [0.15, 0.2) is 0 Å². The topological polar surface area (TPSA) is 18.5 Å². The third-order valence-corrected chi connectivity index (χ3v) is 6.67. The fourth-order valence-corrected chi connectivity index (χ4v) is 5.88. The first-order valence-corrected chi connectivity index (χ1v) is 9.61. The Morgan fingerprint density at radius 1 is 0.905 bits per heavy atom. The first-order valence-electron chi connectivity index (χ1n) is 9.61. The maximum atomic E-state index is 3.82. The van der Waals surface area contributed by atoms with Crippen molar-refractivity contribution in [3.8, 4) is 0 Å². The summed E-state index contributed by atoms with van der Waals surface area (Å²) in [4.78, 5) is 5.82. The SMILES string of the molecule is CCCNC1CC2CCCC(C1)N2C1CCN2CCCC12. The molecule has 2 bridgehead atoms. The van der Waals surface area contributed by atoms with Gasteiger partial charge in [0.1, 0.15) is 0 Å². The summed E-state index contributed by atoms with van der Waals surface area (Å²) in [6.45, 7) is 6.26. The lowest BCUT2D eigenvalue weighted by molar-refractivity contribution is -0.0185. The fourth-order valence-electron chi connectivity index (χ4n) is 5.88. The van der Waals surface area contributed by atoms with Gasteiger partial charge < -0.3 is 5.32 Å². The van der Waals surface area contributed by atoms with Gasteiger partial charge in [0, 0.05) is 36.8 Å². The third kappa shape index (κ3) is 2.66. The van der Waals surface area contributed by atoms with Gasteiger partial charge in [-0.15, -0.1) is 0 Å². The van der Waals surface area contributed by atoms with Crippen LogP contribution in [0.25, 0.3) is 0 Å². The van der Waals surface area contributed by atoms with Crippen molar-refractivity contribution in [3.05, 3.63) is 0 Å². The molecule has 0 aliphatic carbocycles. The lowest BCUT2D eigenvalue weighted by atomic mass is 9.79. The molecule has 4 aliphatic rings. The minimum Gasteiger partial charge on any atom is -0.314 e. The second kappa shape index (κ2) is 6.17. The van der Waals surface area contributed by atoms with Gasteiger partial charge in [0.05, 0.1) is 0 Å². The smallest absolute Gasteiger partial charge is 0.0269 e. The number of fused-ring (bicyclic) bond motifs is 3. The van der Waals surface area contributed by atoms with Crippen LogP contribution in [0.5, 0.6) is 0 Å².